The molecule has 2 heterocycles. The number of rotatable bonds is 2. The van der Waals surface area contributed by atoms with E-state index in [1.807, 2.05) is 54.6 Å². The summed E-state index contributed by atoms with van der Waals surface area (Å²) in [5, 5.41) is 19.7. The van der Waals surface area contributed by atoms with E-state index in [-0.39, 0.29) is 17.0 Å². The third-order valence-electron chi connectivity index (χ3n) is 4.67. The maximum atomic E-state index is 13.0. The first-order chi connectivity index (χ1) is 14.0. The van der Waals surface area contributed by atoms with Gasteiger partial charge < -0.3 is 5.73 Å². The fourth-order valence-electron chi connectivity index (χ4n) is 3.37. The van der Waals surface area contributed by atoms with Gasteiger partial charge in [0.1, 0.15) is 10.5 Å². The van der Waals surface area contributed by atoms with Crippen molar-refractivity contribution in [3.05, 3.63) is 95.3 Å². The minimum Gasteiger partial charge on any atom is -0.384 e. The van der Waals surface area contributed by atoms with Crippen molar-refractivity contribution in [3.63, 3.8) is 0 Å². The van der Waals surface area contributed by atoms with E-state index in [0.29, 0.717) is 14.8 Å². The van der Waals surface area contributed by atoms with E-state index in [4.69, 9.17) is 5.73 Å². The Labute approximate surface area is 178 Å². The zero-order chi connectivity index (χ0) is 20.5. The SMILES string of the molecule is N#CC1=C(N)n2c(s/c(=C/c3ccccc3)c2=O)=C(C#N)[C@@H]1c1cccc(Br)c1. The maximum absolute atomic E-state index is 13.0. The number of nitrogens with two attached hydrogens (primary N) is 1. The van der Waals surface area contributed by atoms with Gasteiger partial charge in [-0.3, -0.25) is 9.36 Å². The number of aromatic nitrogens is 1. The molecule has 0 saturated carbocycles. The summed E-state index contributed by atoms with van der Waals surface area (Å²) in [5.74, 6) is -0.550. The minimum atomic E-state index is -0.620. The van der Waals surface area contributed by atoms with Gasteiger partial charge in [0.2, 0.25) is 0 Å². The van der Waals surface area contributed by atoms with Crippen LogP contribution in [-0.4, -0.2) is 4.57 Å². The summed E-state index contributed by atoms with van der Waals surface area (Å²) in [4.78, 5) is 13.0. The number of allylic oxidation sites excluding steroid dienone is 1. The number of thiazole rings is 1. The standard InChI is InChI=1S/C22H13BrN4OS/c23-15-8-4-7-14(10-15)19-16(11-24)20(26)27-21(28)18(29-22(27)17(19)12-25)9-13-5-2-1-3-6-13/h1-10,19H,26H2/b18-9+/t19-/m1/s1. The third-order valence-corrected chi connectivity index (χ3v) is 6.27. The number of hydrogen-bond donors (Lipinski definition) is 1. The van der Waals surface area contributed by atoms with E-state index in [9.17, 15) is 15.3 Å². The summed E-state index contributed by atoms with van der Waals surface area (Å²) < 4.78 is 3.02. The molecule has 5 nitrogen and oxygen atoms in total. The van der Waals surface area contributed by atoms with Crippen LogP contribution in [0.4, 0.5) is 0 Å². The lowest BCUT2D eigenvalue weighted by molar-refractivity contribution is 0.906. The Kier molecular flexibility index (Phi) is 4.94. The van der Waals surface area contributed by atoms with E-state index in [1.165, 1.54) is 15.9 Å². The number of benzene rings is 2. The van der Waals surface area contributed by atoms with Crippen LogP contribution in [0.15, 0.2) is 69.4 Å². The fourth-order valence-corrected chi connectivity index (χ4v) is 4.92. The number of fused-ring (bicyclic) bond motifs is 1. The summed E-state index contributed by atoms with van der Waals surface area (Å²) in [5.41, 5.74) is 8.10. The van der Waals surface area contributed by atoms with E-state index in [1.54, 1.807) is 6.08 Å². The van der Waals surface area contributed by atoms with Crippen LogP contribution in [0.25, 0.3) is 17.5 Å². The van der Waals surface area contributed by atoms with Crippen LogP contribution in [0.1, 0.15) is 17.0 Å². The summed E-state index contributed by atoms with van der Waals surface area (Å²) in [6, 6.07) is 21.2. The lowest BCUT2D eigenvalue weighted by Gasteiger charge is -2.22. The molecule has 1 aromatic heterocycles. The molecule has 29 heavy (non-hydrogen) atoms. The Morgan fingerprint density at radius 1 is 1.07 bits per heavy atom. The van der Waals surface area contributed by atoms with Crippen LogP contribution in [0.2, 0.25) is 0 Å². The number of halogens is 1. The molecule has 0 spiro atoms. The van der Waals surface area contributed by atoms with Crippen molar-refractivity contribution in [1.29, 1.82) is 10.5 Å². The average molecular weight is 461 g/mol. The van der Waals surface area contributed by atoms with Crippen LogP contribution >= 0.6 is 27.3 Å². The van der Waals surface area contributed by atoms with Gasteiger partial charge in [-0.2, -0.15) is 10.5 Å². The highest BCUT2D eigenvalue weighted by Gasteiger charge is 2.32. The molecule has 1 aliphatic rings. The van der Waals surface area contributed by atoms with Crippen molar-refractivity contribution in [2.45, 2.75) is 5.92 Å². The van der Waals surface area contributed by atoms with Crippen LogP contribution in [0, 0.1) is 22.7 Å². The molecule has 0 aliphatic carbocycles. The third kappa shape index (κ3) is 3.21. The maximum Gasteiger partial charge on any atom is 0.274 e. The van der Waals surface area contributed by atoms with Crippen LogP contribution in [-0.2, 0) is 0 Å². The van der Waals surface area contributed by atoms with Gasteiger partial charge in [0.15, 0.2) is 0 Å². The Hall–Kier alpha value is -3.39. The van der Waals surface area contributed by atoms with E-state index in [2.05, 4.69) is 28.1 Å². The van der Waals surface area contributed by atoms with Gasteiger partial charge in [0.05, 0.1) is 33.7 Å². The highest BCUT2D eigenvalue weighted by Crippen LogP contribution is 2.36. The second kappa shape index (κ2) is 7.56. The molecule has 7 heteroatoms. The lowest BCUT2D eigenvalue weighted by atomic mass is 9.84. The molecule has 1 atom stereocenters. The van der Waals surface area contributed by atoms with Crippen molar-refractivity contribution >= 4 is 44.7 Å². The van der Waals surface area contributed by atoms with Gasteiger partial charge in [-0.25, -0.2) is 0 Å². The molecule has 4 rings (SSSR count). The van der Waals surface area contributed by atoms with Gasteiger partial charge in [0, 0.05) is 4.47 Å². The largest absolute Gasteiger partial charge is 0.384 e. The lowest BCUT2D eigenvalue weighted by Crippen LogP contribution is -2.38. The summed E-state index contributed by atoms with van der Waals surface area (Å²) >= 11 is 4.64. The molecule has 3 aromatic rings. The van der Waals surface area contributed by atoms with Gasteiger partial charge in [-0.15, -0.1) is 11.3 Å². The Bertz CT molecular complexity index is 1420. The van der Waals surface area contributed by atoms with Gasteiger partial charge in [-0.05, 0) is 29.3 Å². The summed E-state index contributed by atoms with van der Waals surface area (Å²) in [7, 11) is 0. The minimum absolute atomic E-state index is 0.0698. The first-order valence-corrected chi connectivity index (χ1v) is 10.2. The first-order valence-electron chi connectivity index (χ1n) is 8.63. The Balaban J connectivity index is 2.08. The van der Waals surface area contributed by atoms with Crippen LogP contribution < -0.4 is 20.5 Å². The molecule has 2 N–H and O–H groups in total. The zero-order valence-electron chi connectivity index (χ0n) is 15.0. The molecule has 0 saturated heterocycles. The number of nitrogens with zero attached hydrogens (tertiary/aromatic N) is 3. The van der Waals surface area contributed by atoms with E-state index >= 15 is 0 Å². The first kappa shape index (κ1) is 18.9. The monoisotopic (exact) mass is 460 g/mol. The van der Waals surface area contributed by atoms with Gasteiger partial charge in [0.25, 0.3) is 5.56 Å². The van der Waals surface area contributed by atoms with Crippen molar-refractivity contribution < 1.29 is 0 Å². The van der Waals surface area contributed by atoms with Gasteiger partial charge >= 0.3 is 0 Å². The molecule has 140 valence electrons. The van der Waals surface area contributed by atoms with E-state index in [0.717, 1.165) is 15.6 Å². The van der Waals surface area contributed by atoms with Gasteiger partial charge in [-0.1, -0.05) is 58.4 Å². The smallest absolute Gasteiger partial charge is 0.274 e. The van der Waals surface area contributed by atoms with Crippen molar-refractivity contribution in [2.75, 3.05) is 0 Å². The topological polar surface area (TPSA) is 95.6 Å². The molecule has 0 fully saturated rings. The zero-order valence-corrected chi connectivity index (χ0v) is 17.4. The predicted octanol–water partition coefficient (Wildman–Crippen LogP) is 2.62. The molecule has 0 radical (unpaired) electrons. The second-order valence-corrected chi connectivity index (χ2v) is 8.34. The molecule has 0 unspecified atom stereocenters. The highest BCUT2D eigenvalue weighted by molar-refractivity contribution is 9.10. The molecular weight excluding hydrogens is 448 g/mol. The molecular formula is C22H13BrN4OS. The quantitative estimate of drug-likeness (QED) is 0.635. The van der Waals surface area contributed by atoms with Crippen molar-refractivity contribution in [3.8, 4) is 12.1 Å². The fraction of sp³-hybridized carbons (Fsp3) is 0.0455. The average Bonchev–Trinajstić information content (AvgIpc) is 3.05. The molecule has 0 bridgehead atoms. The Morgan fingerprint density at radius 2 is 1.79 bits per heavy atom. The van der Waals surface area contributed by atoms with Crippen LogP contribution in [0.3, 0.4) is 0 Å². The summed E-state index contributed by atoms with van der Waals surface area (Å²) in [6.07, 6.45) is 1.76. The Morgan fingerprint density at radius 3 is 2.45 bits per heavy atom. The van der Waals surface area contributed by atoms with Crippen LogP contribution in [0.5, 0.6) is 0 Å². The highest BCUT2D eigenvalue weighted by atomic mass is 79.9. The van der Waals surface area contributed by atoms with E-state index < -0.39 is 5.92 Å². The summed E-state index contributed by atoms with van der Waals surface area (Å²) in [6.45, 7) is 0. The number of hydrogen-bond acceptors (Lipinski definition) is 5. The normalized spacial score (nSPS) is 16.3. The molecule has 0 amide bonds. The van der Waals surface area contributed by atoms with Crippen molar-refractivity contribution in [2.24, 2.45) is 5.73 Å². The second-order valence-electron chi connectivity index (χ2n) is 6.39. The molecule has 1 aliphatic heterocycles. The van der Waals surface area contributed by atoms with Crippen molar-refractivity contribution in [1.82, 2.24) is 4.57 Å². The predicted molar refractivity (Wildman–Crippen MR) is 117 cm³/mol. The molecule has 2 aromatic carbocycles. The number of nitriles is 2.